The SMILES string of the molecule is COCC(=O)Nc1csc2c1C(=O)N(C(CS(C)(=O)=O)c1ccc3c(c1)OCO3)C2=O. The number of methoxy groups -OCH3 is 1. The number of carbonyl (C=O) groups excluding carboxylic acids is 3. The first-order valence-electron chi connectivity index (χ1n) is 9.05. The van der Waals surface area contributed by atoms with Crippen molar-refractivity contribution in [3.05, 3.63) is 39.6 Å². The van der Waals surface area contributed by atoms with E-state index in [2.05, 4.69) is 5.32 Å². The Hall–Kier alpha value is -2.96. The van der Waals surface area contributed by atoms with E-state index in [1.165, 1.54) is 12.5 Å². The van der Waals surface area contributed by atoms with Crippen molar-refractivity contribution in [1.29, 1.82) is 0 Å². The van der Waals surface area contributed by atoms with Gasteiger partial charge in [0.1, 0.15) is 21.3 Å². The normalized spacial score (nSPS) is 15.9. The van der Waals surface area contributed by atoms with Crippen LogP contribution in [0.15, 0.2) is 23.6 Å². The van der Waals surface area contributed by atoms with Gasteiger partial charge in [-0.15, -0.1) is 11.3 Å². The molecule has 2 aliphatic heterocycles. The van der Waals surface area contributed by atoms with Gasteiger partial charge in [0.25, 0.3) is 11.8 Å². The standard InChI is InChI=1S/C19H18N2O8S2/c1-27-6-15(22)20-11-7-30-17-16(11)18(23)21(19(17)24)12(8-31(2,25)26)10-3-4-13-14(5-10)29-9-28-13/h3-5,7,12H,6,8-9H2,1-2H3,(H,20,22). The topological polar surface area (TPSA) is 128 Å². The summed E-state index contributed by atoms with van der Waals surface area (Å²) >= 11 is 1.00. The van der Waals surface area contributed by atoms with Crippen LogP contribution in [0.2, 0.25) is 0 Å². The zero-order valence-corrected chi connectivity index (χ0v) is 18.2. The molecule has 1 aromatic carbocycles. The Balaban J connectivity index is 1.72. The van der Waals surface area contributed by atoms with Crippen molar-refractivity contribution in [2.75, 3.05) is 37.8 Å². The van der Waals surface area contributed by atoms with Crippen molar-refractivity contribution >= 4 is 44.6 Å². The molecule has 3 heterocycles. The monoisotopic (exact) mass is 466 g/mol. The van der Waals surface area contributed by atoms with Crippen molar-refractivity contribution < 1.29 is 37.0 Å². The molecule has 10 nitrogen and oxygen atoms in total. The fourth-order valence-electron chi connectivity index (χ4n) is 3.47. The smallest absolute Gasteiger partial charge is 0.272 e. The molecule has 3 amide bonds. The lowest BCUT2D eigenvalue weighted by Gasteiger charge is -2.26. The third-order valence-corrected chi connectivity index (χ3v) is 6.63. The van der Waals surface area contributed by atoms with Crippen LogP contribution in [0.25, 0.3) is 0 Å². The second kappa shape index (κ2) is 7.94. The average Bonchev–Trinajstić information content (AvgIpc) is 3.37. The molecule has 2 aliphatic rings. The minimum absolute atomic E-state index is 0.0267. The largest absolute Gasteiger partial charge is 0.454 e. The molecule has 0 radical (unpaired) electrons. The Bertz CT molecular complexity index is 1190. The molecule has 164 valence electrons. The summed E-state index contributed by atoms with van der Waals surface area (Å²) in [5, 5.41) is 4.05. The number of hydrogen-bond acceptors (Lipinski definition) is 9. The van der Waals surface area contributed by atoms with E-state index in [0.717, 1.165) is 22.5 Å². The third kappa shape index (κ3) is 4.01. The summed E-state index contributed by atoms with van der Waals surface area (Å²) in [5.74, 6) is -1.36. The van der Waals surface area contributed by atoms with Crippen LogP contribution in [0.1, 0.15) is 31.6 Å². The number of hydrogen-bond donors (Lipinski definition) is 1. The highest BCUT2D eigenvalue weighted by atomic mass is 32.2. The van der Waals surface area contributed by atoms with Gasteiger partial charge >= 0.3 is 0 Å². The van der Waals surface area contributed by atoms with Crippen LogP contribution in [0.4, 0.5) is 5.69 Å². The van der Waals surface area contributed by atoms with E-state index in [4.69, 9.17) is 14.2 Å². The van der Waals surface area contributed by atoms with Crippen molar-refractivity contribution in [3.63, 3.8) is 0 Å². The molecule has 1 N–H and O–H groups in total. The van der Waals surface area contributed by atoms with Crippen LogP contribution in [-0.4, -0.2) is 63.6 Å². The lowest BCUT2D eigenvalue weighted by molar-refractivity contribution is -0.119. The molecule has 4 rings (SSSR count). The Labute approximate surface area is 181 Å². The van der Waals surface area contributed by atoms with Crippen LogP contribution < -0.4 is 14.8 Å². The molecule has 0 aliphatic carbocycles. The average molecular weight is 466 g/mol. The molecule has 0 spiro atoms. The first kappa shape index (κ1) is 21.3. The Kier molecular flexibility index (Phi) is 5.45. The maximum absolute atomic E-state index is 13.2. The Morgan fingerprint density at radius 1 is 1.26 bits per heavy atom. The molecule has 0 saturated heterocycles. The minimum atomic E-state index is -3.58. The number of anilines is 1. The third-order valence-electron chi connectivity index (χ3n) is 4.74. The van der Waals surface area contributed by atoms with Gasteiger partial charge in [0, 0.05) is 18.7 Å². The van der Waals surface area contributed by atoms with Crippen molar-refractivity contribution in [3.8, 4) is 11.5 Å². The molecule has 12 heteroatoms. The highest BCUT2D eigenvalue weighted by Gasteiger charge is 2.45. The maximum atomic E-state index is 13.2. The second-order valence-electron chi connectivity index (χ2n) is 7.04. The van der Waals surface area contributed by atoms with Gasteiger partial charge in [-0.25, -0.2) is 8.42 Å². The Morgan fingerprint density at radius 3 is 2.71 bits per heavy atom. The molecular weight excluding hydrogens is 448 g/mol. The molecule has 2 aromatic rings. The van der Waals surface area contributed by atoms with Gasteiger partial charge in [0.15, 0.2) is 11.5 Å². The Morgan fingerprint density at radius 2 is 2.00 bits per heavy atom. The van der Waals surface area contributed by atoms with Crippen molar-refractivity contribution in [2.24, 2.45) is 0 Å². The van der Waals surface area contributed by atoms with E-state index in [9.17, 15) is 22.8 Å². The lowest BCUT2D eigenvalue weighted by Crippen LogP contribution is -2.38. The zero-order chi connectivity index (χ0) is 22.3. The number of nitrogens with one attached hydrogen (secondary N) is 1. The van der Waals surface area contributed by atoms with Crippen molar-refractivity contribution in [2.45, 2.75) is 6.04 Å². The van der Waals surface area contributed by atoms with Gasteiger partial charge in [0.05, 0.1) is 23.0 Å². The predicted molar refractivity (Wildman–Crippen MR) is 110 cm³/mol. The van der Waals surface area contributed by atoms with Crippen LogP contribution in [-0.2, 0) is 19.4 Å². The summed E-state index contributed by atoms with van der Waals surface area (Å²) in [6, 6.07) is 3.68. The molecular formula is C19H18N2O8S2. The molecule has 0 saturated carbocycles. The molecule has 1 atom stereocenters. The summed E-state index contributed by atoms with van der Waals surface area (Å²) in [6.07, 6.45) is 1.03. The van der Waals surface area contributed by atoms with Gasteiger partial charge in [-0.1, -0.05) is 6.07 Å². The van der Waals surface area contributed by atoms with Gasteiger partial charge < -0.3 is 19.5 Å². The minimum Gasteiger partial charge on any atom is -0.454 e. The lowest BCUT2D eigenvalue weighted by atomic mass is 10.1. The molecule has 1 unspecified atom stereocenters. The predicted octanol–water partition coefficient (Wildman–Crippen LogP) is 1.44. The summed E-state index contributed by atoms with van der Waals surface area (Å²) in [6.45, 7) is -0.191. The number of fused-ring (bicyclic) bond motifs is 2. The van der Waals surface area contributed by atoms with Gasteiger partial charge in [-0.2, -0.15) is 0 Å². The number of thiophene rings is 1. The van der Waals surface area contributed by atoms with E-state index in [-0.39, 0.29) is 29.5 Å². The van der Waals surface area contributed by atoms with Gasteiger partial charge in [0.2, 0.25) is 12.7 Å². The number of nitrogens with zero attached hydrogens (tertiary/aromatic N) is 1. The fourth-order valence-corrected chi connectivity index (χ4v) is 5.31. The quantitative estimate of drug-likeness (QED) is 0.607. The molecule has 0 bridgehead atoms. The summed E-state index contributed by atoms with van der Waals surface area (Å²) < 4.78 is 39.7. The zero-order valence-electron chi connectivity index (χ0n) is 16.5. The fraction of sp³-hybridized carbons (Fsp3) is 0.316. The van der Waals surface area contributed by atoms with Gasteiger partial charge in [-0.3, -0.25) is 19.3 Å². The number of amides is 3. The number of sulfone groups is 1. The summed E-state index contributed by atoms with van der Waals surface area (Å²) in [4.78, 5) is 39.3. The van der Waals surface area contributed by atoms with E-state index in [0.29, 0.717) is 17.1 Å². The van der Waals surface area contributed by atoms with Crippen molar-refractivity contribution in [1.82, 2.24) is 4.90 Å². The summed E-state index contributed by atoms with van der Waals surface area (Å²) in [7, 11) is -2.22. The van der Waals surface area contributed by atoms with Crippen LogP contribution in [0.5, 0.6) is 11.5 Å². The van der Waals surface area contributed by atoms with E-state index < -0.39 is 39.4 Å². The van der Waals surface area contributed by atoms with E-state index in [1.807, 2.05) is 0 Å². The first-order valence-corrected chi connectivity index (χ1v) is 12.0. The number of benzene rings is 1. The van der Waals surface area contributed by atoms with E-state index in [1.54, 1.807) is 18.2 Å². The summed E-state index contributed by atoms with van der Waals surface area (Å²) in [5.41, 5.74) is 0.641. The number of rotatable bonds is 7. The first-order chi connectivity index (χ1) is 14.7. The van der Waals surface area contributed by atoms with Crippen LogP contribution in [0.3, 0.4) is 0 Å². The molecule has 0 fully saturated rings. The number of carbonyl (C=O) groups is 3. The second-order valence-corrected chi connectivity index (χ2v) is 10.1. The maximum Gasteiger partial charge on any atom is 0.272 e. The highest BCUT2D eigenvalue weighted by molar-refractivity contribution is 7.90. The number of imide groups is 1. The van der Waals surface area contributed by atoms with Crippen LogP contribution in [0, 0.1) is 0 Å². The van der Waals surface area contributed by atoms with Crippen LogP contribution >= 0.6 is 11.3 Å². The van der Waals surface area contributed by atoms with E-state index >= 15 is 0 Å². The molecule has 31 heavy (non-hydrogen) atoms. The van der Waals surface area contributed by atoms with Gasteiger partial charge in [-0.05, 0) is 17.7 Å². The number of ether oxygens (including phenoxy) is 3. The highest BCUT2D eigenvalue weighted by Crippen LogP contribution is 2.41. The molecule has 1 aromatic heterocycles.